The van der Waals surface area contributed by atoms with Crippen LogP contribution in [-0.2, 0) is 13.0 Å². The minimum Gasteiger partial charge on any atom is -0.271 e. The van der Waals surface area contributed by atoms with Crippen LogP contribution >= 0.6 is 31.9 Å². The Balaban J connectivity index is 2.38. The maximum absolute atomic E-state index is 14.3. The average molecular weight is 420 g/mol. The van der Waals surface area contributed by atoms with Gasteiger partial charge in [-0.1, -0.05) is 12.1 Å². The van der Waals surface area contributed by atoms with Gasteiger partial charge in [-0.15, -0.1) is 0 Å². The van der Waals surface area contributed by atoms with E-state index in [2.05, 4.69) is 42.4 Å². The number of hydrazine groups is 1. The van der Waals surface area contributed by atoms with Crippen LogP contribution in [-0.4, -0.2) is 9.78 Å². The van der Waals surface area contributed by atoms with Crippen LogP contribution in [0.4, 0.5) is 4.39 Å². The first-order chi connectivity index (χ1) is 9.99. The van der Waals surface area contributed by atoms with Crippen molar-refractivity contribution in [2.75, 3.05) is 0 Å². The SMILES string of the molecule is CCn1nc(C)c(Br)c1CC(NN)c1cccc(Br)c1F. The second-order valence-electron chi connectivity index (χ2n) is 4.73. The molecule has 0 bridgehead atoms. The second-order valence-corrected chi connectivity index (χ2v) is 6.38. The quantitative estimate of drug-likeness (QED) is 0.574. The molecule has 2 aromatic rings. The summed E-state index contributed by atoms with van der Waals surface area (Å²) < 4.78 is 17.5. The van der Waals surface area contributed by atoms with Crippen molar-refractivity contribution in [3.63, 3.8) is 0 Å². The predicted molar refractivity (Wildman–Crippen MR) is 88.2 cm³/mol. The Kier molecular flexibility index (Phi) is 5.54. The number of rotatable bonds is 5. The summed E-state index contributed by atoms with van der Waals surface area (Å²) in [6.45, 7) is 4.71. The maximum Gasteiger partial charge on any atom is 0.142 e. The van der Waals surface area contributed by atoms with Crippen LogP contribution < -0.4 is 11.3 Å². The van der Waals surface area contributed by atoms with E-state index in [1.807, 2.05) is 18.5 Å². The third-order valence-electron chi connectivity index (χ3n) is 3.41. The largest absolute Gasteiger partial charge is 0.271 e. The lowest BCUT2D eigenvalue weighted by Gasteiger charge is -2.18. The molecule has 0 aliphatic rings. The van der Waals surface area contributed by atoms with Gasteiger partial charge >= 0.3 is 0 Å². The molecule has 4 nitrogen and oxygen atoms in total. The van der Waals surface area contributed by atoms with Crippen LogP contribution in [0, 0.1) is 12.7 Å². The zero-order chi connectivity index (χ0) is 15.6. The van der Waals surface area contributed by atoms with Crippen molar-refractivity contribution in [1.82, 2.24) is 15.2 Å². The fraction of sp³-hybridized carbons (Fsp3) is 0.357. The molecule has 2 rings (SSSR count). The van der Waals surface area contributed by atoms with Crippen LogP contribution in [0.5, 0.6) is 0 Å². The number of benzene rings is 1. The zero-order valence-electron chi connectivity index (χ0n) is 11.8. The summed E-state index contributed by atoms with van der Waals surface area (Å²) in [6.07, 6.45) is 0.541. The molecule has 3 N–H and O–H groups in total. The highest BCUT2D eigenvalue weighted by atomic mass is 79.9. The Labute approximate surface area is 140 Å². The fourth-order valence-corrected chi connectivity index (χ4v) is 3.13. The topological polar surface area (TPSA) is 55.9 Å². The van der Waals surface area contributed by atoms with E-state index in [4.69, 9.17) is 5.84 Å². The monoisotopic (exact) mass is 418 g/mol. The molecule has 1 heterocycles. The number of nitrogens with one attached hydrogen (secondary N) is 1. The van der Waals surface area contributed by atoms with Gasteiger partial charge in [0.15, 0.2) is 0 Å². The van der Waals surface area contributed by atoms with Crippen molar-refractivity contribution < 1.29 is 4.39 Å². The van der Waals surface area contributed by atoms with Gasteiger partial charge in [0.1, 0.15) is 5.82 Å². The molecule has 0 saturated carbocycles. The van der Waals surface area contributed by atoms with Gasteiger partial charge in [0, 0.05) is 18.5 Å². The van der Waals surface area contributed by atoms with E-state index in [0.717, 1.165) is 22.4 Å². The van der Waals surface area contributed by atoms with Crippen molar-refractivity contribution in [2.45, 2.75) is 32.9 Å². The summed E-state index contributed by atoms with van der Waals surface area (Å²) >= 11 is 6.76. The van der Waals surface area contributed by atoms with Gasteiger partial charge in [-0.2, -0.15) is 5.10 Å². The van der Waals surface area contributed by atoms with Crippen LogP contribution in [0.1, 0.15) is 29.9 Å². The van der Waals surface area contributed by atoms with E-state index >= 15 is 0 Å². The maximum atomic E-state index is 14.3. The molecule has 0 amide bonds. The third-order valence-corrected chi connectivity index (χ3v) is 5.05. The molecule has 114 valence electrons. The minimum atomic E-state index is -0.333. The number of nitrogens with two attached hydrogens (primary N) is 1. The summed E-state index contributed by atoms with van der Waals surface area (Å²) in [7, 11) is 0. The molecule has 7 heteroatoms. The van der Waals surface area contributed by atoms with Gasteiger partial charge in [-0.3, -0.25) is 16.0 Å². The summed E-state index contributed by atoms with van der Waals surface area (Å²) in [5.41, 5.74) is 5.14. The van der Waals surface area contributed by atoms with E-state index in [1.54, 1.807) is 18.2 Å². The number of nitrogens with zero attached hydrogens (tertiary/aromatic N) is 2. The van der Waals surface area contributed by atoms with Crippen LogP contribution in [0.15, 0.2) is 27.1 Å². The Bertz CT molecular complexity index is 642. The van der Waals surface area contributed by atoms with Gasteiger partial charge in [0.05, 0.1) is 26.4 Å². The molecule has 0 spiro atoms. The highest BCUT2D eigenvalue weighted by Crippen LogP contribution is 2.29. The van der Waals surface area contributed by atoms with Gasteiger partial charge in [-0.25, -0.2) is 4.39 Å². The molecule has 1 aromatic carbocycles. The summed E-state index contributed by atoms with van der Waals surface area (Å²) in [5, 5.41) is 4.45. The van der Waals surface area contributed by atoms with E-state index in [9.17, 15) is 4.39 Å². The van der Waals surface area contributed by atoms with E-state index in [0.29, 0.717) is 16.5 Å². The summed E-state index contributed by atoms with van der Waals surface area (Å²) in [5.74, 6) is 5.35. The predicted octanol–water partition coefficient (Wildman–Crippen LogP) is 3.62. The standard InChI is InChI=1S/C14H17Br2FN4/c1-3-21-12(13(16)8(2)20-21)7-11(19-18)9-5-4-6-10(15)14(9)17/h4-6,11,19H,3,7,18H2,1-2H3. The number of aryl methyl sites for hydroxylation is 2. The van der Waals surface area contributed by atoms with E-state index in [1.165, 1.54) is 0 Å². The molecule has 1 unspecified atom stereocenters. The van der Waals surface area contributed by atoms with Gasteiger partial charge in [0.25, 0.3) is 0 Å². The number of hydrogen-bond donors (Lipinski definition) is 2. The first kappa shape index (κ1) is 16.6. The number of hydrogen-bond acceptors (Lipinski definition) is 3. The van der Waals surface area contributed by atoms with E-state index in [-0.39, 0.29) is 11.9 Å². The Hall–Kier alpha value is -0.760. The molecule has 0 fully saturated rings. The molecule has 0 saturated heterocycles. The lowest BCUT2D eigenvalue weighted by Crippen LogP contribution is -2.31. The molecule has 21 heavy (non-hydrogen) atoms. The fourth-order valence-electron chi connectivity index (χ4n) is 2.31. The van der Waals surface area contributed by atoms with Crippen molar-refractivity contribution in [1.29, 1.82) is 0 Å². The highest BCUT2D eigenvalue weighted by molar-refractivity contribution is 9.10. The van der Waals surface area contributed by atoms with Crippen molar-refractivity contribution in [2.24, 2.45) is 5.84 Å². The third kappa shape index (κ3) is 3.36. The zero-order valence-corrected chi connectivity index (χ0v) is 15.0. The first-order valence-corrected chi connectivity index (χ1v) is 8.20. The van der Waals surface area contributed by atoms with Gasteiger partial charge in [0.2, 0.25) is 0 Å². The molecule has 0 aliphatic heterocycles. The highest BCUT2D eigenvalue weighted by Gasteiger charge is 2.21. The lowest BCUT2D eigenvalue weighted by atomic mass is 10.0. The molecular formula is C14H17Br2FN4. The van der Waals surface area contributed by atoms with Crippen LogP contribution in [0.3, 0.4) is 0 Å². The molecular weight excluding hydrogens is 403 g/mol. The smallest absolute Gasteiger partial charge is 0.142 e. The van der Waals surface area contributed by atoms with E-state index < -0.39 is 0 Å². The van der Waals surface area contributed by atoms with Gasteiger partial charge in [-0.05, 0) is 51.8 Å². The van der Waals surface area contributed by atoms with Gasteiger partial charge < -0.3 is 0 Å². The Morgan fingerprint density at radius 3 is 2.76 bits per heavy atom. The number of aromatic nitrogens is 2. The molecule has 1 atom stereocenters. The normalized spacial score (nSPS) is 12.7. The molecule has 0 radical (unpaired) electrons. The summed E-state index contributed by atoms with van der Waals surface area (Å²) in [6, 6.07) is 4.87. The summed E-state index contributed by atoms with van der Waals surface area (Å²) in [4.78, 5) is 0. The molecule has 1 aromatic heterocycles. The second kappa shape index (κ2) is 7.00. The van der Waals surface area contributed by atoms with Crippen molar-refractivity contribution in [3.8, 4) is 0 Å². The average Bonchev–Trinajstić information content (AvgIpc) is 2.75. The Morgan fingerprint density at radius 2 is 2.14 bits per heavy atom. The van der Waals surface area contributed by atoms with Crippen molar-refractivity contribution >= 4 is 31.9 Å². The molecule has 0 aliphatic carbocycles. The minimum absolute atomic E-state index is 0.296. The first-order valence-electron chi connectivity index (χ1n) is 6.61. The van der Waals surface area contributed by atoms with Crippen LogP contribution in [0.25, 0.3) is 0 Å². The van der Waals surface area contributed by atoms with Crippen LogP contribution in [0.2, 0.25) is 0 Å². The number of halogens is 3. The Morgan fingerprint density at radius 1 is 1.43 bits per heavy atom. The lowest BCUT2D eigenvalue weighted by molar-refractivity contribution is 0.488. The van der Waals surface area contributed by atoms with Crippen molar-refractivity contribution in [3.05, 3.63) is 49.9 Å².